The Kier molecular flexibility index (Phi) is 6.49. The molecule has 8 rings (SSSR count). The largest absolute Gasteiger partial charge is 0.381 e. The standard InChI is InChI=1S/C33H31N7O3/c1-21(36-31(41)28-29(34)37-39-16-6-15-35-30(28)39)26-19-23-8-5-7-22(11-14-33(43)20-38-17-12-24(33)13-18-38)27(23)32(42)40(26)25-9-3-2-4-10-25/h2-10,15-16,19,21,24,43H,12-13,17-18,20H2,1H3,(H2,34,37)(H,36,41). The number of hydrogen-bond donors (Lipinski definition) is 3. The molecule has 4 N–H and O–H groups in total. The van der Waals surface area contributed by atoms with E-state index in [0.717, 1.165) is 25.9 Å². The molecular weight excluding hydrogens is 542 g/mol. The zero-order valence-electron chi connectivity index (χ0n) is 23.7. The smallest absolute Gasteiger partial charge is 0.264 e. The molecule has 10 nitrogen and oxygen atoms in total. The first-order chi connectivity index (χ1) is 20.8. The van der Waals surface area contributed by atoms with Gasteiger partial charge in [0, 0.05) is 41.8 Å². The third-order valence-electron chi connectivity index (χ3n) is 8.67. The van der Waals surface area contributed by atoms with Gasteiger partial charge in [-0.25, -0.2) is 9.50 Å². The van der Waals surface area contributed by atoms with Crippen LogP contribution in [0.15, 0.2) is 77.9 Å². The maximum absolute atomic E-state index is 14.3. The van der Waals surface area contributed by atoms with Crippen LogP contribution in [0.4, 0.5) is 5.82 Å². The molecule has 0 radical (unpaired) electrons. The van der Waals surface area contributed by atoms with Crippen LogP contribution in [0, 0.1) is 17.8 Å². The maximum atomic E-state index is 14.3. The van der Waals surface area contributed by atoms with Crippen LogP contribution in [-0.4, -0.2) is 60.3 Å². The van der Waals surface area contributed by atoms with Crippen LogP contribution in [0.25, 0.3) is 22.1 Å². The van der Waals surface area contributed by atoms with E-state index >= 15 is 0 Å². The summed E-state index contributed by atoms with van der Waals surface area (Å²) in [7, 11) is 0. The number of nitrogen functional groups attached to an aromatic ring is 1. The van der Waals surface area contributed by atoms with Gasteiger partial charge in [0.1, 0.15) is 11.2 Å². The molecule has 3 fully saturated rings. The first-order valence-corrected chi connectivity index (χ1v) is 14.4. The van der Waals surface area contributed by atoms with Gasteiger partial charge in [-0.2, -0.15) is 0 Å². The average Bonchev–Trinajstić information content (AvgIpc) is 3.36. The molecule has 43 heavy (non-hydrogen) atoms. The van der Waals surface area contributed by atoms with E-state index < -0.39 is 17.6 Å². The summed E-state index contributed by atoms with van der Waals surface area (Å²) in [4.78, 5) is 34.3. The van der Waals surface area contributed by atoms with Gasteiger partial charge >= 0.3 is 0 Å². The van der Waals surface area contributed by atoms with Crippen molar-refractivity contribution in [3.63, 3.8) is 0 Å². The first kappa shape index (κ1) is 26.9. The Balaban J connectivity index is 1.32. The van der Waals surface area contributed by atoms with Crippen molar-refractivity contribution in [3.05, 3.63) is 100 Å². The lowest BCUT2D eigenvalue weighted by atomic mass is 9.75. The molecule has 2 unspecified atom stereocenters. The highest BCUT2D eigenvalue weighted by Gasteiger charge is 2.44. The molecule has 2 aromatic carbocycles. The molecule has 0 aliphatic carbocycles. The number of piperidine rings is 3. The number of fused-ring (bicyclic) bond motifs is 5. The molecule has 2 bridgehead atoms. The highest BCUT2D eigenvalue weighted by molar-refractivity contribution is 6.04. The molecule has 3 aliphatic heterocycles. The second-order valence-electron chi connectivity index (χ2n) is 11.4. The van der Waals surface area contributed by atoms with Crippen molar-refractivity contribution in [2.75, 3.05) is 25.4 Å². The Labute approximate surface area is 247 Å². The molecule has 216 valence electrons. The van der Waals surface area contributed by atoms with Crippen molar-refractivity contribution in [1.29, 1.82) is 0 Å². The van der Waals surface area contributed by atoms with Gasteiger partial charge in [-0.3, -0.25) is 19.1 Å². The molecular formula is C33H31N7O3. The van der Waals surface area contributed by atoms with Gasteiger partial charge in [0.2, 0.25) is 0 Å². The van der Waals surface area contributed by atoms with E-state index in [1.807, 2.05) is 61.5 Å². The fourth-order valence-corrected chi connectivity index (χ4v) is 6.47. The van der Waals surface area contributed by atoms with Gasteiger partial charge in [0.05, 0.1) is 11.4 Å². The van der Waals surface area contributed by atoms with Crippen LogP contribution in [0.1, 0.15) is 47.4 Å². The number of amides is 1. The summed E-state index contributed by atoms with van der Waals surface area (Å²) in [6.45, 7) is 4.32. The van der Waals surface area contributed by atoms with Crippen molar-refractivity contribution in [1.82, 2.24) is 29.4 Å². The molecule has 10 heteroatoms. The van der Waals surface area contributed by atoms with Gasteiger partial charge in [0.25, 0.3) is 11.5 Å². The Hall–Kier alpha value is -4.98. The second-order valence-corrected chi connectivity index (χ2v) is 11.4. The van der Waals surface area contributed by atoms with Gasteiger partial charge in [-0.05, 0) is 68.6 Å². The van der Waals surface area contributed by atoms with Crippen LogP contribution in [0.3, 0.4) is 0 Å². The number of nitrogens with zero attached hydrogens (tertiary/aromatic N) is 5. The molecule has 5 aromatic rings. The number of anilines is 1. The summed E-state index contributed by atoms with van der Waals surface area (Å²) < 4.78 is 3.07. The molecule has 1 amide bonds. The zero-order valence-corrected chi connectivity index (χ0v) is 23.7. The van der Waals surface area contributed by atoms with E-state index in [1.54, 1.807) is 23.0 Å². The number of pyridine rings is 1. The number of carbonyl (C=O) groups is 1. The van der Waals surface area contributed by atoms with Crippen molar-refractivity contribution in [2.45, 2.75) is 31.4 Å². The van der Waals surface area contributed by atoms with Gasteiger partial charge in [-0.1, -0.05) is 42.2 Å². The second kappa shape index (κ2) is 10.4. The van der Waals surface area contributed by atoms with E-state index in [2.05, 4.69) is 32.1 Å². The summed E-state index contributed by atoms with van der Waals surface area (Å²) in [6, 6.07) is 17.9. The highest BCUT2D eigenvalue weighted by Crippen LogP contribution is 2.35. The third-order valence-corrected chi connectivity index (χ3v) is 8.67. The molecule has 0 spiro atoms. The number of nitrogens with one attached hydrogen (secondary N) is 1. The molecule has 2 atom stereocenters. The van der Waals surface area contributed by atoms with Crippen molar-refractivity contribution >= 4 is 28.1 Å². The predicted octanol–water partition coefficient (Wildman–Crippen LogP) is 2.91. The first-order valence-electron chi connectivity index (χ1n) is 14.4. The number of hydrogen-bond acceptors (Lipinski definition) is 7. The molecule has 0 saturated carbocycles. The monoisotopic (exact) mass is 573 g/mol. The minimum atomic E-state index is -1.09. The fourth-order valence-electron chi connectivity index (χ4n) is 6.47. The lowest BCUT2D eigenvalue weighted by molar-refractivity contribution is -0.0713. The summed E-state index contributed by atoms with van der Waals surface area (Å²) in [5.41, 5.74) is 7.06. The van der Waals surface area contributed by atoms with E-state index in [1.165, 1.54) is 4.52 Å². The quantitative estimate of drug-likeness (QED) is 0.282. The van der Waals surface area contributed by atoms with Gasteiger partial charge in [0.15, 0.2) is 11.5 Å². The number of rotatable bonds is 4. The Morgan fingerprint density at radius 1 is 1.14 bits per heavy atom. The van der Waals surface area contributed by atoms with E-state index in [4.69, 9.17) is 5.73 Å². The Bertz CT molecular complexity index is 2000. The molecule has 3 aromatic heterocycles. The minimum Gasteiger partial charge on any atom is -0.381 e. The summed E-state index contributed by atoms with van der Waals surface area (Å²) in [6.07, 6.45) is 5.09. The molecule has 6 heterocycles. The normalized spacial score (nSPS) is 21.8. The summed E-state index contributed by atoms with van der Waals surface area (Å²) in [5.74, 6) is 6.09. The minimum absolute atomic E-state index is 0.0650. The lowest BCUT2D eigenvalue weighted by Crippen LogP contribution is -2.58. The van der Waals surface area contributed by atoms with E-state index in [0.29, 0.717) is 39.9 Å². The summed E-state index contributed by atoms with van der Waals surface area (Å²) in [5, 5.41) is 19.8. The van der Waals surface area contributed by atoms with Crippen LogP contribution in [-0.2, 0) is 0 Å². The molecule has 3 aliphatic rings. The number of para-hydroxylation sites is 1. The lowest BCUT2D eigenvalue weighted by Gasteiger charge is -2.47. The van der Waals surface area contributed by atoms with E-state index in [-0.39, 0.29) is 22.9 Å². The molecule has 3 saturated heterocycles. The Morgan fingerprint density at radius 3 is 2.67 bits per heavy atom. The number of aliphatic hydroxyl groups is 1. The number of carbonyl (C=O) groups excluding carboxylic acids is 1. The van der Waals surface area contributed by atoms with Crippen molar-refractivity contribution in [3.8, 4) is 17.5 Å². The van der Waals surface area contributed by atoms with Crippen molar-refractivity contribution < 1.29 is 9.90 Å². The topological polar surface area (TPSA) is 131 Å². The predicted molar refractivity (Wildman–Crippen MR) is 164 cm³/mol. The highest BCUT2D eigenvalue weighted by atomic mass is 16.3. The zero-order chi connectivity index (χ0) is 29.7. The fraction of sp³-hybridized carbons (Fsp3) is 0.273. The van der Waals surface area contributed by atoms with Crippen LogP contribution in [0.5, 0.6) is 0 Å². The number of aromatic nitrogens is 4. The van der Waals surface area contributed by atoms with Crippen LogP contribution >= 0.6 is 0 Å². The maximum Gasteiger partial charge on any atom is 0.264 e. The SMILES string of the molecule is CC(NC(=O)c1c(N)nn2cccnc12)c1cc2cccc(C#CC3(O)CN4CCC3CC4)c2c(=O)n1-c1ccccc1. The van der Waals surface area contributed by atoms with Gasteiger partial charge in [-0.15, -0.1) is 5.10 Å². The van der Waals surface area contributed by atoms with Crippen LogP contribution < -0.4 is 16.6 Å². The Morgan fingerprint density at radius 2 is 1.93 bits per heavy atom. The number of benzene rings is 2. The summed E-state index contributed by atoms with van der Waals surface area (Å²) >= 11 is 0. The van der Waals surface area contributed by atoms with E-state index in [9.17, 15) is 14.7 Å². The number of nitrogens with two attached hydrogens (primary N) is 1. The third kappa shape index (κ3) is 4.63. The van der Waals surface area contributed by atoms with Crippen molar-refractivity contribution in [2.24, 2.45) is 5.92 Å². The average molecular weight is 574 g/mol. The van der Waals surface area contributed by atoms with Gasteiger partial charge < -0.3 is 16.2 Å². The van der Waals surface area contributed by atoms with Crippen LogP contribution in [0.2, 0.25) is 0 Å².